The van der Waals surface area contributed by atoms with Crippen molar-refractivity contribution in [2.24, 2.45) is 5.41 Å². The zero-order valence-corrected chi connectivity index (χ0v) is 12.5. The van der Waals surface area contributed by atoms with Gasteiger partial charge >= 0.3 is 0 Å². The zero-order valence-electron chi connectivity index (χ0n) is 12.5. The highest BCUT2D eigenvalue weighted by atomic mass is 16.5. The minimum atomic E-state index is -0.122. The number of carbonyl (C=O) groups is 1. The molecule has 0 bridgehead atoms. The molecular weight excluding hydrogens is 240 g/mol. The molecule has 1 aliphatic heterocycles. The standard InChI is InChI=1S/C15H28N2O2/c1-11(17-13-7-4-8-15(13,2)3)14(18)16-10-12-6-5-9-19-12/h11-13,17H,4-10H2,1-3H3,(H,16,18)/t11-,12-,13+/m0/s1. The summed E-state index contributed by atoms with van der Waals surface area (Å²) >= 11 is 0. The van der Waals surface area contributed by atoms with E-state index in [0.29, 0.717) is 18.0 Å². The van der Waals surface area contributed by atoms with E-state index in [9.17, 15) is 4.79 Å². The van der Waals surface area contributed by atoms with E-state index >= 15 is 0 Å². The first kappa shape index (κ1) is 14.8. The Labute approximate surface area is 116 Å². The van der Waals surface area contributed by atoms with Gasteiger partial charge in [0.1, 0.15) is 0 Å². The van der Waals surface area contributed by atoms with Crippen molar-refractivity contribution in [1.82, 2.24) is 10.6 Å². The number of rotatable bonds is 5. The van der Waals surface area contributed by atoms with Crippen LogP contribution in [0.5, 0.6) is 0 Å². The lowest BCUT2D eigenvalue weighted by atomic mass is 9.87. The van der Waals surface area contributed by atoms with Crippen molar-refractivity contribution >= 4 is 5.91 Å². The van der Waals surface area contributed by atoms with Gasteiger partial charge in [0.2, 0.25) is 5.91 Å². The molecule has 2 fully saturated rings. The summed E-state index contributed by atoms with van der Waals surface area (Å²) in [7, 11) is 0. The molecule has 0 aromatic rings. The predicted octanol–water partition coefficient (Wildman–Crippen LogP) is 1.84. The molecule has 0 aromatic carbocycles. The SMILES string of the molecule is C[C@H](N[C@@H]1CCCC1(C)C)C(=O)NC[C@@H]1CCCO1. The summed E-state index contributed by atoms with van der Waals surface area (Å²) in [5.74, 6) is 0.0956. The van der Waals surface area contributed by atoms with Gasteiger partial charge in [-0.3, -0.25) is 4.79 Å². The van der Waals surface area contributed by atoms with Crippen LogP contribution in [0.3, 0.4) is 0 Å². The molecule has 1 saturated heterocycles. The lowest BCUT2D eigenvalue weighted by Gasteiger charge is -2.30. The fraction of sp³-hybridized carbons (Fsp3) is 0.933. The molecule has 1 amide bonds. The monoisotopic (exact) mass is 268 g/mol. The summed E-state index contributed by atoms with van der Waals surface area (Å²) in [4.78, 5) is 12.1. The number of amides is 1. The largest absolute Gasteiger partial charge is 0.376 e. The Bertz CT molecular complexity index is 311. The highest BCUT2D eigenvalue weighted by Gasteiger charge is 2.35. The summed E-state index contributed by atoms with van der Waals surface area (Å²) < 4.78 is 5.51. The van der Waals surface area contributed by atoms with E-state index in [1.54, 1.807) is 0 Å². The third kappa shape index (κ3) is 3.93. The molecule has 0 radical (unpaired) electrons. The molecule has 19 heavy (non-hydrogen) atoms. The lowest BCUT2D eigenvalue weighted by Crippen LogP contribution is -2.50. The van der Waals surface area contributed by atoms with E-state index in [-0.39, 0.29) is 18.1 Å². The van der Waals surface area contributed by atoms with Crippen molar-refractivity contribution in [3.8, 4) is 0 Å². The topological polar surface area (TPSA) is 50.4 Å². The second-order valence-electron chi connectivity index (χ2n) is 6.70. The normalized spacial score (nSPS) is 31.3. The van der Waals surface area contributed by atoms with Gasteiger partial charge in [0.15, 0.2) is 0 Å². The average Bonchev–Trinajstić information content (AvgIpc) is 2.97. The van der Waals surface area contributed by atoms with Crippen LogP contribution in [0.1, 0.15) is 52.9 Å². The highest BCUT2D eigenvalue weighted by molar-refractivity contribution is 5.81. The maximum absolute atomic E-state index is 12.1. The van der Waals surface area contributed by atoms with Gasteiger partial charge in [-0.1, -0.05) is 20.3 Å². The smallest absolute Gasteiger partial charge is 0.236 e. The Morgan fingerprint density at radius 3 is 2.74 bits per heavy atom. The van der Waals surface area contributed by atoms with Crippen LogP contribution in [0.2, 0.25) is 0 Å². The minimum Gasteiger partial charge on any atom is -0.376 e. The molecular formula is C15H28N2O2. The predicted molar refractivity (Wildman–Crippen MR) is 76.0 cm³/mol. The Hall–Kier alpha value is -0.610. The Morgan fingerprint density at radius 1 is 1.37 bits per heavy atom. The molecule has 110 valence electrons. The summed E-state index contributed by atoms with van der Waals surface area (Å²) in [6.07, 6.45) is 6.08. The van der Waals surface area contributed by atoms with Crippen molar-refractivity contribution < 1.29 is 9.53 Å². The van der Waals surface area contributed by atoms with Crippen molar-refractivity contribution in [1.29, 1.82) is 0 Å². The van der Waals surface area contributed by atoms with Gasteiger partial charge in [-0.15, -0.1) is 0 Å². The van der Waals surface area contributed by atoms with Gasteiger partial charge in [0.05, 0.1) is 12.1 Å². The van der Waals surface area contributed by atoms with E-state index in [2.05, 4.69) is 24.5 Å². The van der Waals surface area contributed by atoms with E-state index in [1.165, 1.54) is 19.3 Å². The number of hydrogen-bond donors (Lipinski definition) is 2. The van der Waals surface area contributed by atoms with Crippen molar-refractivity contribution in [2.75, 3.05) is 13.2 Å². The first-order valence-corrected chi connectivity index (χ1v) is 7.64. The van der Waals surface area contributed by atoms with Crippen LogP contribution in [0.25, 0.3) is 0 Å². The van der Waals surface area contributed by atoms with Gasteiger partial charge < -0.3 is 15.4 Å². The first-order chi connectivity index (χ1) is 8.99. The van der Waals surface area contributed by atoms with Crippen molar-refractivity contribution in [2.45, 2.75) is 71.1 Å². The third-order valence-electron chi connectivity index (χ3n) is 4.63. The zero-order chi connectivity index (χ0) is 13.9. The molecule has 0 aromatic heterocycles. The molecule has 2 rings (SSSR count). The third-order valence-corrected chi connectivity index (χ3v) is 4.63. The number of carbonyl (C=O) groups excluding carboxylic acids is 1. The maximum Gasteiger partial charge on any atom is 0.236 e. The molecule has 4 heteroatoms. The van der Waals surface area contributed by atoms with Crippen LogP contribution in [-0.2, 0) is 9.53 Å². The molecule has 0 spiro atoms. The molecule has 3 atom stereocenters. The second kappa shape index (κ2) is 6.23. The summed E-state index contributed by atoms with van der Waals surface area (Å²) in [6, 6.07) is 0.333. The molecule has 2 N–H and O–H groups in total. The molecule has 1 heterocycles. The summed E-state index contributed by atoms with van der Waals surface area (Å²) in [5, 5.41) is 6.49. The van der Waals surface area contributed by atoms with E-state index < -0.39 is 0 Å². The molecule has 4 nitrogen and oxygen atoms in total. The van der Waals surface area contributed by atoms with Crippen LogP contribution in [0, 0.1) is 5.41 Å². The summed E-state index contributed by atoms with van der Waals surface area (Å²) in [5.41, 5.74) is 0.309. The van der Waals surface area contributed by atoms with E-state index in [0.717, 1.165) is 19.4 Å². The molecule has 1 saturated carbocycles. The van der Waals surface area contributed by atoms with E-state index in [1.807, 2.05) is 6.92 Å². The van der Waals surface area contributed by atoms with Crippen LogP contribution < -0.4 is 10.6 Å². The van der Waals surface area contributed by atoms with E-state index in [4.69, 9.17) is 4.74 Å². The molecule has 2 aliphatic rings. The number of nitrogens with one attached hydrogen (secondary N) is 2. The van der Waals surface area contributed by atoms with Crippen LogP contribution in [0.15, 0.2) is 0 Å². The van der Waals surface area contributed by atoms with Crippen LogP contribution in [0.4, 0.5) is 0 Å². The number of ether oxygens (including phenoxy) is 1. The van der Waals surface area contributed by atoms with Gasteiger partial charge in [-0.05, 0) is 38.0 Å². The molecule has 0 unspecified atom stereocenters. The second-order valence-corrected chi connectivity index (χ2v) is 6.70. The van der Waals surface area contributed by atoms with Gasteiger partial charge in [-0.25, -0.2) is 0 Å². The first-order valence-electron chi connectivity index (χ1n) is 7.64. The van der Waals surface area contributed by atoms with Crippen molar-refractivity contribution in [3.63, 3.8) is 0 Å². The van der Waals surface area contributed by atoms with Crippen LogP contribution in [-0.4, -0.2) is 37.2 Å². The van der Waals surface area contributed by atoms with Crippen LogP contribution >= 0.6 is 0 Å². The maximum atomic E-state index is 12.1. The van der Waals surface area contributed by atoms with Gasteiger partial charge in [0, 0.05) is 19.2 Å². The summed E-state index contributed by atoms with van der Waals surface area (Å²) in [6.45, 7) is 8.02. The Balaban J connectivity index is 1.72. The Morgan fingerprint density at radius 2 is 2.16 bits per heavy atom. The van der Waals surface area contributed by atoms with Crippen molar-refractivity contribution in [3.05, 3.63) is 0 Å². The molecule has 1 aliphatic carbocycles. The number of hydrogen-bond acceptors (Lipinski definition) is 3. The highest BCUT2D eigenvalue weighted by Crippen LogP contribution is 2.37. The minimum absolute atomic E-state index is 0.0956. The van der Waals surface area contributed by atoms with Gasteiger partial charge in [-0.2, -0.15) is 0 Å². The Kier molecular flexibility index (Phi) is 4.85. The van der Waals surface area contributed by atoms with Gasteiger partial charge in [0.25, 0.3) is 0 Å². The lowest BCUT2D eigenvalue weighted by molar-refractivity contribution is -0.123. The fourth-order valence-electron chi connectivity index (χ4n) is 3.19. The average molecular weight is 268 g/mol. The fourth-order valence-corrected chi connectivity index (χ4v) is 3.19. The quantitative estimate of drug-likeness (QED) is 0.800.